The monoisotopic (exact) mass is 450 g/mol. The number of rotatable bonds is 2. The first-order valence-electron chi connectivity index (χ1n) is 12.2. The van der Waals surface area contributed by atoms with Gasteiger partial charge < -0.3 is 9.55 Å². The zero-order chi connectivity index (χ0) is 23.7. The van der Waals surface area contributed by atoms with Crippen molar-refractivity contribution in [1.82, 2.24) is 9.55 Å². The first-order valence-corrected chi connectivity index (χ1v) is 12.2. The molecule has 0 aliphatic heterocycles. The number of allylic oxidation sites excluding steroid dienone is 2. The Bertz CT molecular complexity index is 1960. The van der Waals surface area contributed by atoms with Crippen LogP contribution in [-0.2, 0) is 0 Å². The van der Waals surface area contributed by atoms with Gasteiger partial charge in [0.2, 0.25) is 0 Å². The molecular weight excluding hydrogens is 424 g/mol. The van der Waals surface area contributed by atoms with Crippen LogP contribution in [0, 0.1) is 0 Å². The highest BCUT2D eigenvalue weighted by Crippen LogP contribution is 2.44. The summed E-state index contributed by atoms with van der Waals surface area (Å²) < 4.78 is 2.45. The van der Waals surface area contributed by atoms with Crippen molar-refractivity contribution in [1.29, 1.82) is 0 Å². The Morgan fingerprint density at radius 1 is 0.600 bits per heavy atom. The fourth-order valence-electron chi connectivity index (χ4n) is 5.68. The van der Waals surface area contributed by atoms with Crippen molar-refractivity contribution in [2.75, 3.05) is 0 Å². The average molecular weight is 451 g/mol. The lowest BCUT2D eigenvalue weighted by Crippen LogP contribution is -1.95. The molecule has 7 rings (SSSR count). The molecule has 2 nitrogen and oxygen atoms in total. The van der Waals surface area contributed by atoms with Crippen LogP contribution < -0.4 is 0 Å². The Balaban J connectivity index is 1.71. The molecule has 2 heteroatoms. The Labute approximate surface area is 204 Å². The van der Waals surface area contributed by atoms with E-state index < -0.39 is 0 Å². The van der Waals surface area contributed by atoms with E-state index in [9.17, 15) is 0 Å². The van der Waals surface area contributed by atoms with Crippen LogP contribution in [0.3, 0.4) is 0 Å². The quantitative estimate of drug-likeness (QED) is 0.271. The molecule has 7 aromatic rings. The van der Waals surface area contributed by atoms with Gasteiger partial charge in [-0.1, -0.05) is 78.4 Å². The van der Waals surface area contributed by atoms with Gasteiger partial charge in [0.25, 0.3) is 0 Å². The maximum absolute atomic E-state index is 3.74. The number of hydrogen-bond donors (Lipinski definition) is 1. The first kappa shape index (κ1) is 20.1. The number of fused-ring (bicyclic) bond motifs is 10. The van der Waals surface area contributed by atoms with Crippen molar-refractivity contribution in [3.63, 3.8) is 0 Å². The third-order valence-electron chi connectivity index (χ3n) is 7.59. The Kier molecular flexibility index (Phi) is 4.22. The minimum atomic E-state index is 1.18. The fourth-order valence-corrected chi connectivity index (χ4v) is 5.68. The molecule has 0 spiro atoms. The van der Waals surface area contributed by atoms with Gasteiger partial charge in [-0.15, -0.1) is 0 Å². The van der Waals surface area contributed by atoms with Gasteiger partial charge >= 0.3 is 0 Å². The van der Waals surface area contributed by atoms with Crippen LogP contribution in [0.4, 0.5) is 0 Å². The summed E-state index contributed by atoms with van der Waals surface area (Å²) in [5.74, 6) is 0. The van der Waals surface area contributed by atoms with Crippen molar-refractivity contribution >= 4 is 60.0 Å². The zero-order valence-corrected chi connectivity index (χ0v) is 20.2. The van der Waals surface area contributed by atoms with Crippen LogP contribution in [0.1, 0.15) is 26.3 Å². The highest BCUT2D eigenvalue weighted by Gasteiger charge is 2.21. The van der Waals surface area contributed by atoms with Gasteiger partial charge in [-0.05, 0) is 56.2 Å². The topological polar surface area (TPSA) is 20.7 Å². The van der Waals surface area contributed by atoms with Crippen LogP contribution in [0.5, 0.6) is 0 Å². The van der Waals surface area contributed by atoms with Gasteiger partial charge in [-0.3, -0.25) is 0 Å². The van der Waals surface area contributed by atoms with E-state index >= 15 is 0 Å². The zero-order valence-electron chi connectivity index (χ0n) is 20.2. The van der Waals surface area contributed by atoms with Crippen molar-refractivity contribution in [3.8, 4) is 5.69 Å². The van der Waals surface area contributed by atoms with Crippen molar-refractivity contribution in [2.24, 2.45) is 0 Å². The number of H-pyrrole nitrogens is 1. The predicted molar refractivity (Wildman–Crippen MR) is 152 cm³/mol. The second-order valence-electron chi connectivity index (χ2n) is 9.71. The Hall–Kier alpha value is -4.30. The molecule has 0 fully saturated rings. The van der Waals surface area contributed by atoms with E-state index in [2.05, 4.69) is 127 Å². The molecule has 0 unspecified atom stereocenters. The van der Waals surface area contributed by atoms with Crippen LogP contribution in [-0.4, -0.2) is 9.55 Å². The third kappa shape index (κ3) is 2.77. The van der Waals surface area contributed by atoms with E-state index in [0.717, 1.165) is 0 Å². The van der Waals surface area contributed by atoms with Gasteiger partial charge in [0, 0.05) is 43.5 Å². The number of nitrogens with zero attached hydrogens (tertiary/aromatic N) is 1. The second-order valence-corrected chi connectivity index (χ2v) is 9.71. The summed E-state index contributed by atoms with van der Waals surface area (Å²) >= 11 is 0. The molecule has 1 N–H and O–H groups in total. The van der Waals surface area contributed by atoms with E-state index in [1.54, 1.807) is 0 Å². The molecule has 0 saturated heterocycles. The van der Waals surface area contributed by atoms with Crippen molar-refractivity contribution in [3.05, 3.63) is 108 Å². The summed E-state index contributed by atoms with van der Waals surface area (Å²) in [5, 5.41) is 7.70. The Morgan fingerprint density at radius 2 is 1.23 bits per heavy atom. The molecule has 0 amide bonds. The lowest BCUT2D eigenvalue weighted by atomic mass is 9.99. The fraction of sp³-hybridized carbons (Fsp3) is 0.0909. The molecule has 168 valence electrons. The maximum Gasteiger partial charge on any atom is 0.0627 e. The second kappa shape index (κ2) is 7.35. The van der Waals surface area contributed by atoms with Gasteiger partial charge in [0.1, 0.15) is 0 Å². The molecule has 0 aliphatic carbocycles. The number of para-hydroxylation sites is 2. The molecule has 2 heterocycles. The predicted octanol–water partition coefficient (Wildman–Crippen LogP) is 9.38. The third-order valence-corrected chi connectivity index (χ3v) is 7.59. The number of aromatic amines is 1. The highest BCUT2D eigenvalue weighted by molar-refractivity contribution is 6.36. The summed E-state index contributed by atoms with van der Waals surface area (Å²) in [5.41, 5.74) is 10.0. The van der Waals surface area contributed by atoms with E-state index in [0.29, 0.717) is 0 Å². The van der Waals surface area contributed by atoms with E-state index in [1.165, 1.54) is 76.8 Å². The van der Waals surface area contributed by atoms with Gasteiger partial charge in [0.05, 0.1) is 16.6 Å². The summed E-state index contributed by atoms with van der Waals surface area (Å²) in [4.78, 5) is 3.74. The summed E-state index contributed by atoms with van der Waals surface area (Å²) in [6.07, 6.45) is 0. The highest BCUT2D eigenvalue weighted by atomic mass is 15.0. The minimum Gasteiger partial charge on any atom is -0.354 e. The molecule has 0 radical (unpaired) electrons. The summed E-state index contributed by atoms with van der Waals surface area (Å²) in [7, 11) is 0. The SMILES string of the molecule is CC(C)=C(C)c1ccc(-n2c3ccccc3c3c4c5ccccc5[nH]c4c4ccccc4c32)cc1. The summed E-state index contributed by atoms with van der Waals surface area (Å²) in [6.45, 7) is 6.55. The Morgan fingerprint density at radius 3 is 1.97 bits per heavy atom. The van der Waals surface area contributed by atoms with Gasteiger partial charge in [0.15, 0.2) is 0 Å². The van der Waals surface area contributed by atoms with E-state index in [4.69, 9.17) is 0 Å². The molecular formula is C33H26N2. The van der Waals surface area contributed by atoms with E-state index in [1.807, 2.05) is 0 Å². The van der Waals surface area contributed by atoms with Crippen LogP contribution in [0.25, 0.3) is 65.6 Å². The summed E-state index contributed by atoms with van der Waals surface area (Å²) in [6, 6.07) is 35.3. The molecule has 5 aromatic carbocycles. The number of benzene rings is 5. The maximum atomic E-state index is 3.74. The average Bonchev–Trinajstić information content (AvgIpc) is 3.45. The van der Waals surface area contributed by atoms with Crippen LogP contribution in [0.2, 0.25) is 0 Å². The van der Waals surface area contributed by atoms with Crippen LogP contribution in [0.15, 0.2) is 103 Å². The smallest absolute Gasteiger partial charge is 0.0627 e. The van der Waals surface area contributed by atoms with Crippen molar-refractivity contribution < 1.29 is 0 Å². The molecule has 2 aromatic heterocycles. The standard InChI is InChI=1S/C33H26N2/c1-20(2)21(3)22-16-18-23(19-17-22)35-29-15-9-7-13-27(29)31-30-26-12-6-8-14-28(26)34-32(30)24-10-4-5-11-25(24)33(31)35/h4-19,34H,1-3H3. The lowest BCUT2D eigenvalue weighted by molar-refractivity contribution is 1.18. The number of nitrogens with one attached hydrogen (secondary N) is 1. The molecule has 0 atom stereocenters. The van der Waals surface area contributed by atoms with Gasteiger partial charge in [-0.2, -0.15) is 0 Å². The van der Waals surface area contributed by atoms with Crippen molar-refractivity contribution in [2.45, 2.75) is 20.8 Å². The molecule has 0 bridgehead atoms. The number of aromatic nitrogens is 2. The molecule has 0 saturated carbocycles. The largest absolute Gasteiger partial charge is 0.354 e. The normalized spacial score (nSPS) is 11.9. The number of hydrogen-bond acceptors (Lipinski definition) is 0. The lowest BCUT2D eigenvalue weighted by Gasteiger charge is -2.12. The molecule has 35 heavy (non-hydrogen) atoms. The first-order chi connectivity index (χ1) is 17.1. The minimum absolute atomic E-state index is 1.18. The van der Waals surface area contributed by atoms with Gasteiger partial charge in [-0.25, -0.2) is 0 Å². The van der Waals surface area contributed by atoms with E-state index in [-0.39, 0.29) is 0 Å². The molecule has 0 aliphatic rings. The van der Waals surface area contributed by atoms with Crippen LogP contribution >= 0.6 is 0 Å².